The molecule has 3 atom stereocenters. The van der Waals surface area contributed by atoms with Crippen LogP contribution in [0, 0.1) is 11.3 Å². The first kappa shape index (κ1) is 27.5. The molecule has 1 aliphatic carbocycles. The third kappa shape index (κ3) is 5.50. The summed E-state index contributed by atoms with van der Waals surface area (Å²) in [5, 5.41) is 9.52. The van der Waals surface area contributed by atoms with Crippen LogP contribution < -0.4 is 14.5 Å². The summed E-state index contributed by atoms with van der Waals surface area (Å²) in [5.74, 6) is 0.794. The minimum atomic E-state index is -0.205. The molecule has 9 nitrogen and oxygen atoms in total. The van der Waals surface area contributed by atoms with Crippen molar-refractivity contribution >= 4 is 17.4 Å². The predicted octanol–water partition coefficient (Wildman–Crippen LogP) is 3.38. The van der Waals surface area contributed by atoms with Gasteiger partial charge in [0.1, 0.15) is 12.4 Å². The standard InChI is InChI=1S/C32H41N7O2/c1-3-30(40)39-19-18-37(21-25(39)13-15-33)31-27-12-11-24(38-17-14-23-8-5-6-10-29(23)38)20-28(27)34-32(35-31)41-22-26-9-7-16-36(26)4-2/h3,5-6,8,10,24-26H,1,4,7,9,11-14,16-22H2,2H3/t24?,25-,26-/m0/s1. The van der Waals surface area contributed by atoms with Crippen molar-refractivity contribution < 1.29 is 9.53 Å². The van der Waals surface area contributed by atoms with Gasteiger partial charge in [-0.3, -0.25) is 9.69 Å². The molecule has 9 heteroatoms. The van der Waals surface area contributed by atoms with Crippen LogP contribution >= 0.6 is 0 Å². The minimum Gasteiger partial charge on any atom is -0.462 e. The zero-order valence-electron chi connectivity index (χ0n) is 24.2. The van der Waals surface area contributed by atoms with E-state index in [1.165, 1.54) is 29.3 Å². The molecule has 0 spiro atoms. The fraction of sp³-hybridized carbons (Fsp3) is 0.562. The molecule has 1 aromatic heterocycles. The van der Waals surface area contributed by atoms with Crippen LogP contribution in [0.5, 0.6) is 6.01 Å². The van der Waals surface area contributed by atoms with Crippen molar-refractivity contribution in [3.63, 3.8) is 0 Å². The Morgan fingerprint density at radius 1 is 1.15 bits per heavy atom. The SMILES string of the molecule is C=CC(=O)N1CCN(c2nc(OC[C@@H]3CCCN3CC)nc3c2CCC(N2CCc4ccccc42)C3)C[C@@H]1CC#N. The van der Waals surface area contributed by atoms with Crippen LogP contribution in [0.2, 0.25) is 0 Å². The maximum atomic E-state index is 12.5. The largest absolute Gasteiger partial charge is 0.462 e. The van der Waals surface area contributed by atoms with Crippen LogP contribution in [-0.4, -0.2) is 89.7 Å². The van der Waals surface area contributed by atoms with E-state index in [1.807, 2.05) is 0 Å². The van der Waals surface area contributed by atoms with Crippen molar-refractivity contribution in [2.24, 2.45) is 0 Å². The summed E-state index contributed by atoms with van der Waals surface area (Å²) >= 11 is 0. The lowest BCUT2D eigenvalue weighted by atomic mass is 9.90. The number of hydrogen-bond donors (Lipinski definition) is 0. The van der Waals surface area contributed by atoms with Gasteiger partial charge in [-0.25, -0.2) is 0 Å². The summed E-state index contributed by atoms with van der Waals surface area (Å²) in [6.07, 6.45) is 7.85. The molecule has 0 N–H and O–H groups in total. The number of likely N-dealkylation sites (N-methyl/N-ethyl adjacent to an activating group) is 1. The van der Waals surface area contributed by atoms with E-state index in [0.29, 0.717) is 44.3 Å². The number of aromatic nitrogens is 2. The summed E-state index contributed by atoms with van der Waals surface area (Å²) in [6, 6.07) is 12.1. The second kappa shape index (κ2) is 12.1. The van der Waals surface area contributed by atoms with E-state index in [-0.39, 0.29) is 18.4 Å². The molecule has 4 heterocycles. The normalized spacial score (nSPS) is 24.1. The summed E-state index contributed by atoms with van der Waals surface area (Å²) in [6.45, 7) is 11.4. The van der Waals surface area contributed by atoms with Crippen LogP contribution in [-0.2, 0) is 24.1 Å². The van der Waals surface area contributed by atoms with Crippen LogP contribution in [0.1, 0.15) is 49.4 Å². The number of anilines is 2. The van der Waals surface area contributed by atoms with Gasteiger partial charge in [-0.2, -0.15) is 15.2 Å². The van der Waals surface area contributed by atoms with Gasteiger partial charge in [-0.15, -0.1) is 0 Å². The monoisotopic (exact) mass is 555 g/mol. The topological polar surface area (TPSA) is 88.8 Å². The molecule has 0 saturated carbocycles. The molecular formula is C32H41N7O2. The lowest BCUT2D eigenvalue weighted by Gasteiger charge is -2.42. The fourth-order valence-electron chi connectivity index (χ4n) is 7.30. The predicted molar refractivity (Wildman–Crippen MR) is 159 cm³/mol. The Labute approximate surface area is 243 Å². The van der Waals surface area contributed by atoms with Gasteiger partial charge in [-0.1, -0.05) is 31.7 Å². The van der Waals surface area contributed by atoms with Crippen LogP contribution in [0.25, 0.3) is 0 Å². The number of para-hydroxylation sites is 1. The van der Waals surface area contributed by atoms with Gasteiger partial charge in [0.25, 0.3) is 0 Å². The first-order valence-corrected chi connectivity index (χ1v) is 15.3. The number of ether oxygens (including phenoxy) is 1. The van der Waals surface area contributed by atoms with E-state index >= 15 is 0 Å². The molecule has 4 aliphatic rings. The van der Waals surface area contributed by atoms with E-state index < -0.39 is 0 Å². The summed E-state index contributed by atoms with van der Waals surface area (Å²) in [7, 11) is 0. The Kier molecular flexibility index (Phi) is 8.11. The molecule has 0 bridgehead atoms. The minimum absolute atomic E-state index is 0.121. The lowest BCUT2D eigenvalue weighted by Crippen LogP contribution is -2.55. The number of carbonyl (C=O) groups excluding carboxylic acids is 1. The number of rotatable bonds is 8. The molecule has 41 heavy (non-hydrogen) atoms. The van der Waals surface area contributed by atoms with Gasteiger partial charge < -0.3 is 19.4 Å². The molecule has 3 aliphatic heterocycles. The number of likely N-dealkylation sites (tertiary alicyclic amines) is 1. The average molecular weight is 556 g/mol. The molecule has 216 valence electrons. The van der Waals surface area contributed by atoms with Gasteiger partial charge >= 0.3 is 6.01 Å². The van der Waals surface area contributed by atoms with Gasteiger partial charge in [0.05, 0.1) is 24.2 Å². The Balaban J connectivity index is 1.28. The second-order valence-electron chi connectivity index (χ2n) is 11.7. The van der Waals surface area contributed by atoms with Crippen LogP contribution in [0.15, 0.2) is 36.9 Å². The summed E-state index contributed by atoms with van der Waals surface area (Å²) in [4.78, 5) is 31.6. The zero-order valence-corrected chi connectivity index (χ0v) is 24.2. The Morgan fingerprint density at radius 3 is 2.85 bits per heavy atom. The van der Waals surface area contributed by atoms with E-state index in [2.05, 4.69) is 58.5 Å². The van der Waals surface area contributed by atoms with Crippen LogP contribution in [0.4, 0.5) is 11.5 Å². The van der Waals surface area contributed by atoms with Crippen molar-refractivity contribution in [2.45, 2.75) is 70.0 Å². The third-order valence-corrected chi connectivity index (χ3v) is 9.45. The molecule has 1 unspecified atom stereocenters. The van der Waals surface area contributed by atoms with Gasteiger partial charge in [0.15, 0.2) is 0 Å². The number of fused-ring (bicyclic) bond motifs is 2. The fourth-order valence-corrected chi connectivity index (χ4v) is 7.30. The van der Waals surface area contributed by atoms with Crippen molar-refractivity contribution in [1.29, 1.82) is 5.26 Å². The maximum absolute atomic E-state index is 12.5. The Bertz CT molecular complexity index is 1320. The average Bonchev–Trinajstić information content (AvgIpc) is 3.66. The van der Waals surface area contributed by atoms with E-state index in [1.54, 1.807) is 4.90 Å². The number of benzene rings is 1. The van der Waals surface area contributed by atoms with E-state index in [0.717, 1.165) is 63.3 Å². The van der Waals surface area contributed by atoms with Gasteiger partial charge in [0, 0.05) is 55.9 Å². The second-order valence-corrected chi connectivity index (χ2v) is 11.7. The number of hydrogen-bond acceptors (Lipinski definition) is 8. The van der Waals surface area contributed by atoms with Crippen molar-refractivity contribution in [2.75, 3.05) is 55.7 Å². The highest BCUT2D eigenvalue weighted by Crippen LogP contribution is 2.37. The first-order valence-electron chi connectivity index (χ1n) is 15.3. The zero-order chi connectivity index (χ0) is 28.3. The quantitative estimate of drug-likeness (QED) is 0.458. The van der Waals surface area contributed by atoms with Crippen LogP contribution in [0.3, 0.4) is 0 Å². The van der Waals surface area contributed by atoms with Crippen molar-refractivity contribution in [3.8, 4) is 12.1 Å². The Hall–Kier alpha value is -3.64. The molecule has 1 amide bonds. The number of nitriles is 1. The number of amides is 1. The number of carbonyl (C=O) groups is 1. The highest BCUT2D eigenvalue weighted by molar-refractivity contribution is 5.87. The molecular weight excluding hydrogens is 514 g/mol. The molecule has 2 saturated heterocycles. The lowest BCUT2D eigenvalue weighted by molar-refractivity contribution is -0.128. The van der Waals surface area contributed by atoms with Crippen molar-refractivity contribution in [1.82, 2.24) is 19.8 Å². The van der Waals surface area contributed by atoms with Crippen molar-refractivity contribution in [3.05, 3.63) is 53.7 Å². The summed E-state index contributed by atoms with van der Waals surface area (Å²) < 4.78 is 6.35. The number of piperazine rings is 1. The van der Waals surface area contributed by atoms with Gasteiger partial charge in [-0.05, 0) is 62.9 Å². The highest BCUT2D eigenvalue weighted by Gasteiger charge is 2.36. The summed E-state index contributed by atoms with van der Waals surface area (Å²) in [5.41, 5.74) is 5.05. The molecule has 6 rings (SSSR count). The third-order valence-electron chi connectivity index (χ3n) is 9.45. The molecule has 2 fully saturated rings. The van der Waals surface area contributed by atoms with E-state index in [4.69, 9.17) is 14.7 Å². The molecule has 1 aromatic carbocycles. The first-order chi connectivity index (χ1) is 20.1. The Morgan fingerprint density at radius 2 is 2.02 bits per heavy atom. The maximum Gasteiger partial charge on any atom is 0.318 e. The van der Waals surface area contributed by atoms with Gasteiger partial charge in [0.2, 0.25) is 5.91 Å². The molecule has 2 aromatic rings. The van der Waals surface area contributed by atoms with E-state index in [9.17, 15) is 10.1 Å². The molecule has 0 radical (unpaired) electrons. The smallest absolute Gasteiger partial charge is 0.318 e. The number of nitrogens with zero attached hydrogens (tertiary/aromatic N) is 7. The highest BCUT2D eigenvalue weighted by atomic mass is 16.5.